The van der Waals surface area contributed by atoms with Crippen molar-refractivity contribution in [2.45, 2.75) is 0 Å². The van der Waals surface area contributed by atoms with E-state index in [1.807, 2.05) is 18.2 Å². The van der Waals surface area contributed by atoms with Gasteiger partial charge in [0.05, 0.1) is 13.0 Å². The van der Waals surface area contributed by atoms with Gasteiger partial charge >= 0.3 is 8.56 Å². The van der Waals surface area contributed by atoms with E-state index in [9.17, 15) is 0 Å². The van der Waals surface area contributed by atoms with E-state index in [-0.39, 0.29) is 0 Å². The molecule has 0 N–H and O–H groups in total. The summed E-state index contributed by atoms with van der Waals surface area (Å²) in [6, 6.07) is 10.3. The second-order valence-corrected chi connectivity index (χ2v) is 7.36. The van der Waals surface area contributed by atoms with E-state index in [0.29, 0.717) is 13.0 Å². The van der Waals surface area contributed by atoms with Gasteiger partial charge in [-0.25, -0.2) is 0 Å². The Morgan fingerprint density at radius 2 is 1.71 bits per heavy atom. The molecule has 3 aliphatic heterocycles. The van der Waals surface area contributed by atoms with Crippen LogP contribution in [0.4, 0.5) is 0 Å². The molecule has 3 saturated heterocycles. The largest absolute Gasteiger partial charge is 0.399 e. The predicted molar refractivity (Wildman–Crippen MR) is 66.1 cm³/mol. The smallest absolute Gasteiger partial charge is 0.388 e. The van der Waals surface area contributed by atoms with Gasteiger partial charge in [0, 0.05) is 26.3 Å². The van der Waals surface area contributed by atoms with Gasteiger partial charge in [-0.15, -0.1) is 0 Å². The van der Waals surface area contributed by atoms with Gasteiger partial charge in [-0.05, 0) is 5.19 Å². The molecule has 17 heavy (non-hydrogen) atoms. The fraction of sp³-hybridized carbons (Fsp3) is 0.500. The van der Waals surface area contributed by atoms with E-state index in [1.165, 1.54) is 5.19 Å². The van der Waals surface area contributed by atoms with Crippen molar-refractivity contribution >= 4 is 13.7 Å². The van der Waals surface area contributed by atoms with Crippen molar-refractivity contribution in [2.24, 2.45) is 0 Å². The molecule has 3 heterocycles. The lowest BCUT2D eigenvalue weighted by Crippen LogP contribution is -2.62. The highest BCUT2D eigenvalue weighted by molar-refractivity contribution is 6.81. The van der Waals surface area contributed by atoms with Gasteiger partial charge in [0.1, 0.15) is 0 Å². The molecule has 0 spiro atoms. The van der Waals surface area contributed by atoms with E-state index in [2.05, 4.69) is 17.0 Å². The van der Waals surface area contributed by atoms with Crippen LogP contribution in [0.25, 0.3) is 0 Å². The zero-order valence-corrected chi connectivity index (χ0v) is 10.8. The predicted octanol–water partition coefficient (Wildman–Crippen LogP) is 0.212. The van der Waals surface area contributed by atoms with E-state index < -0.39 is 8.56 Å². The topological polar surface area (TPSA) is 30.9 Å². The molecule has 2 bridgehead atoms. The molecule has 92 valence electrons. The van der Waals surface area contributed by atoms with Crippen LogP contribution in [0.15, 0.2) is 30.3 Å². The number of nitrogens with zero attached hydrogens (tertiary/aromatic N) is 1. The van der Waals surface area contributed by atoms with Gasteiger partial charge in [-0.3, -0.25) is 4.90 Å². The van der Waals surface area contributed by atoms with Gasteiger partial charge in [-0.2, -0.15) is 0 Å². The molecule has 0 aliphatic carbocycles. The van der Waals surface area contributed by atoms with Crippen molar-refractivity contribution in [2.75, 3.05) is 39.3 Å². The number of fused-ring (bicyclic) bond motifs is 6. The number of rotatable bonds is 1. The van der Waals surface area contributed by atoms with E-state index in [0.717, 1.165) is 26.3 Å². The maximum absolute atomic E-state index is 6.08. The van der Waals surface area contributed by atoms with Crippen molar-refractivity contribution in [3.8, 4) is 0 Å². The Labute approximate surface area is 102 Å². The molecule has 3 aliphatic rings. The van der Waals surface area contributed by atoms with Gasteiger partial charge in [0.25, 0.3) is 0 Å². The summed E-state index contributed by atoms with van der Waals surface area (Å²) in [7, 11) is -2.35. The lowest BCUT2D eigenvalue weighted by molar-refractivity contribution is -0.0268. The molecule has 0 amide bonds. The number of ether oxygens (including phenoxy) is 1. The van der Waals surface area contributed by atoms with E-state index in [4.69, 9.17) is 13.6 Å². The Hall–Kier alpha value is -0.723. The van der Waals surface area contributed by atoms with Crippen LogP contribution in [-0.2, 0) is 13.6 Å². The summed E-state index contributed by atoms with van der Waals surface area (Å²) in [4.78, 5) is 2.22. The molecule has 0 saturated carbocycles. The third-order valence-corrected chi connectivity index (χ3v) is 6.40. The van der Waals surface area contributed by atoms with Gasteiger partial charge in [-0.1, -0.05) is 30.3 Å². The van der Waals surface area contributed by atoms with Gasteiger partial charge in [0.15, 0.2) is 0 Å². The molecule has 0 radical (unpaired) electrons. The Balaban J connectivity index is 1.91. The minimum atomic E-state index is -2.35. The minimum Gasteiger partial charge on any atom is -0.388 e. The van der Waals surface area contributed by atoms with E-state index >= 15 is 0 Å². The maximum Gasteiger partial charge on any atom is 0.399 e. The van der Waals surface area contributed by atoms with Crippen LogP contribution in [0.3, 0.4) is 0 Å². The third kappa shape index (κ3) is 2.29. The molecule has 1 aromatic carbocycles. The van der Waals surface area contributed by atoms with Crippen LogP contribution in [0.5, 0.6) is 0 Å². The minimum absolute atomic E-state index is 0.591. The quantitative estimate of drug-likeness (QED) is 0.668. The first-order valence-electron chi connectivity index (χ1n) is 6.03. The molecule has 0 atom stereocenters. The molecule has 1 aromatic rings. The Morgan fingerprint density at radius 1 is 1.00 bits per heavy atom. The molecule has 4 rings (SSSR count). The Bertz CT molecular complexity index is 347. The monoisotopic (exact) mass is 251 g/mol. The molecule has 4 nitrogen and oxygen atoms in total. The van der Waals surface area contributed by atoms with Crippen molar-refractivity contribution in [3.63, 3.8) is 0 Å². The highest BCUT2D eigenvalue weighted by Gasteiger charge is 2.43. The summed E-state index contributed by atoms with van der Waals surface area (Å²) in [6.07, 6.45) is 0.591. The SMILES string of the molecule is c1ccc([Si]23COCN(CCO2)CCO3)cc1. The molecular formula is C12H17NO3Si. The summed E-state index contributed by atoms with van der Waals surface area (Å²) in [5.74, 6) is 0. The van der Waals surface area contributed by atoms with Crippen LogP contribution in [0.1, 0.15) is 0 Å². The number of hydrogen-bond acceptors (Lipinski definition) is 4. The molecule has 0 aromatic heterocycles. The number of benzene rings is 1. The number of hydrogen-bond donors (Lipinski definition) is 0. The molecule has 5 heteroatoms. The van der Waals surface area contributed by atoms with Crippen LogP contribution in [0, 0.1) is 0 Å². The summed E-state index contributed by atoms with van der Waals surface area (Å²) in [5.41, 5.74) is 0. The summed E-state index contributed by atoms with van der Waals surface area (Å²) in [6.45, 7) is 4.05. The first-order valence-corrected chi connectivity index (χ1v) is 8.05. The summed E-state index contributed by atoms with van der Waals surface area (Å²) in [5, 5.41) is 1.18. The molecule has 0 unspecified atom stereocenters. The lowest BCUT2D eigenvalue weighted by atomic mass is 10.4. The first-order chi connectivity index (χ1) is 8.39. The average Bonchev–Trinajstić information content (AvgIpc) is 2.28. The highest BCUT2D eigenvalue weighted by Crippen LogP contribution is 2.15. The Morgan fingerprint density at radius 3 is 2.41 bits per heavy atom. The normalized spacial score (nSPS) is 33.8. The van der Waals surface area contributed by atoms with Crippen molar-refractivity contribution in [1.82, 2.24) is 4.90 Å². The standard InChI is InChI=1S/C12H17NO3Si/c1-2-4-12(5-3-1)17-11-14-10-13(6-8-15-17)7-9-16-17/h1-5H,6-11H2. The second-order valence-electron chi connectivity index (χ2n) is 4.41. The highest BCUT2D eigenvalue weighted by atomic mass is 28.4. The van der Waals surface area contributed by atoms with Crippen molar-refractivity contribution < 1.29 is 13.6 Å². The zero-order chi connectivity index (χ0) is 11.6. The Kier molecular flexibility index (Phi) is 3.26. The second kappa shape index (κ2) is 4.87. The lowest BCUT2D eigenvalue weighted by Gasteiger charge is -2.38. The van der Waals surface area contributed by atoms with Crippen LogP contribution in [-0.4, -0.2) is 52.7 Å². The van der Waals surface area contributed by atoms with Crippen molar-refractivity contribution in [1.29, 1.82) is 0 Å². The van der Waals surface area contributed by atoms with Crippen LogP contribution in [0.2, 0.25) is 0 Å². The van der Waals surface area contributed by atoms with Crippen LogP contribution < -0.4 is 5.19 Å². The van der Waals surface area contributed by atoms with Crippen molar-refractivity contribution in [3.05, 3.63) is 30.3 Å². The van der Waals surface area contributed by atoms with Gasteiger partial charge < -0.3 is 13.6 Å². The summed E-state index contributed by atoms with van der Waals surface area (Å²) < 4.78 is 17.9. The molecular weight excluding hydrogens is 234 g/mol. The third-order valence-electron chi connectivity index (χ3n) is 3.27. The maximum atomic E-state index is 6.08. The summed E-state index contributed by atoms with van der Waals surface area (Å²) >= 11 is 0. The fourth-order valence-electron chi connectivity index (χ4n) is 2.30. The van der Waals surface area contributed by atoms with Crippen LogP contribution >= 0.6 is 0 Å². The fourth-order valence-corrected chi connectivity index (χ4v) is 4.95. The van der Waals surface area contributed by atoms with Gasteiger partial charge in [0.2, 0.25) is 0 Å². The molecule has 3 fully saturated rings. The van der Waals surface area contributed by atoms with E-state index in [1.54, 1.807) is 0 Å². The first kappa shape index (κ1) is 11.4. The zero-order valence-electron chi connectivity index (χ0n) is 9.80. The average molecular weight is 251 g/mol.